The first-order valence-corrected chi connectivity index (χ1v) is 5.84. The summed E-state index contributed by atoms with van der Waals surface area (Å²) in [7, 11) is 0. The third-order valence-corrected chi connectivity index (χ3v) is 3.45. The lowest BCUT2D eigenvalue weighted by Gasteiger charge is -2.06. The first-order valence-electron chi connectivity index (χ1n) is 5.05. The van der Waals surface area contributed by atoms with Gasteiger partial charge < -0.3 is 5.73 Å². The number of nitrogen functional groups attached to an aromatic ring is 1. The fraction of sp³-hybridized carbons (Fsp3) is 0.167. The molecule has 5 heteroatoms. The van der Waals surface area contributed by atoms with Crippen LogP contribution in [-0.2, 0) is 0 Å². The van der Waals surface area contributed by atoms with Crippen LogP contribution in [0.2, 0.25) is 0 Å². The average molecular weight is 296 g/mol. The molecule has 0 aliphatic rings. The molecule has 0 aliphatic heterocycles. The zero-order valence-corrected chi connectivity index (χ0v) is 11.0. The van der Waals surface area contributed by atoms with Crippen molar-refractivity contribution in [1.29, 1.82) is 0 Å². The molecule has 0 amide bonds. The number of anilines is 1. The van der Waals surface area contributed by atoms with Crippen LogP contribution in [0.25, 0.3) is 11.4 Å². The minimum Gasteiger partial charge on any atom is -0.383 e. The second-order valence-electron chi connectivity index (χ2n) is 3.80. The Labute approximate surface area is 107 Å². The second-order valence-corrected chi connectivity index (χ2v) is 4.59. The normalized spacial score (nSPS) is 10.6. The van der Waals surface area contributed by atoms with Crippen molar-refractivity contribution in [3.05, 3.63) is 39.7 Å². The number of benzene rings is 1. The van der Waals surface area contributed by atoms with E-state index in [1.165, 1.54) is 6.07 Å². The molecule has 0 atom stereocenters. The molecule has 0 saturated heterocycles. The first-order chi connectivity index (χ1) is 7.99. The quantitative estimate of drug-likeness (QED) is 0.879. The molecule has 1 heterocycles. The lowest BCUT2D eigenvalue weighted by Crippen LogP contribution is -2.00. The topological polar surface area (TPSA) is 51.8 Å². The number of rotatable bonds is 1. The van der Waals surface area contributed by atoms with Crippen LogP contribution in [0, 0.1) is 19.7 Å². The van der Waals surface area contributed by atoms with Crippen LogP contribution in [0.15, 0.2) is 22.7 Å². The monoisotopic (exact) mass is 295 g/mol. The van der Waals surface area contributed by atoms with Crippen molar-refractivity contribution in [2.45, 2.75) is 13.8 Å². The molecule has 0 saturated carbocycles. The molecule has 2 rings (SSSR count). The number of aromatic nitrogens is 2. The molecule has 2 N–H and O–H groups in total. The Balaban J connectivity index is 2.57. The first kappa shape index (κ1) is 12.0. The van der Waals surface area contributed by atoms with Gasteiger partial charge in [-0.05, 0) is 41.4 Å². The van der Waals surface area contributed by atoms with E-state index in [1.807, 2.05) is 6.92 Å². The average Bonchev–Trinajstić information content (AvgIpc) is 2.29. The molecule has 0 radical (unpaired) electrons. The van der Waals surface area contributed by atoms with Crippen LogP contribution in [0.5, 0.6) is 0 Å². The SMILES string of the molecule is Cc1ccc(-c2nc(C)c(Br)c(N)n2)cc1F. The summed E-state index contributed by atoms with van der Waals surface area (Å²) in [5.74, 6) is 0.515. The Bertz CT molecular complexity index is 561. The highest BCUT2D eigenvalue weighted by atomic mass is 79.9. The summed E-state index contributed by atoms with van der Waals surface area (Å²) in [6.07, 6.45) is 0. The largest absolute Gasteiger partial charge is 0.383 e. The van der Waals surface area contributed by atoms with Gasteiger partial charge in [0.25, 0.3) is 0 Å². The second kappa shape index (κ2) is 4.41. The maximum atomic E-state index is 13.4. The van der Waals surface area contributed by atoms with Gasteiger partial charge in [0.15, 0.2) is 5.82 Å². The minimum absolute atomic E-state index is 0.273. The number of nitrogens with two attached hydrogens (primary N) is 1. The Hall–Kier alpha value is -1.49. The van der Waals surface area contributed by atoms with Gasteiger partial charge in [0.2, 0.25) is 0 Å². The van der Waals surface area contributed by atoms with E-state index >= 15 is 0 Å². The van der Waals surface area contributed by atoms with Crippen molar-refractivity contribution in [1.82, 2.24) is 9.97 Å². The van der Waals surface area contributed by atoms with Crippen molar-refractivity contribution in [3.63, 3.8) is 0 Å². The van der Waals surface area contributed by atoms with Crippen LogP contribution in [0.4, 0.5) is 10.2 Å². The zero-order chi connectivity index (χ0) is 12.6. The molecular formula is C12H11BrFN3. The standard InChI is InChI=1S/C12H11BrFN3/c1-6-3-4-8(5-9(6)14)12-16-7(2)10(13)11(15)17-12/h3-5H,1-2H3,(H2,15,16,17). The predicted octanol–water partition coefficient (Wildman–Crippen LogP) is 3.24. The number of aryl methyl sites for hydroxylation is 2. The van der Waals surface area contributed by atoms with Gasteiger partial charge >= 0.3 is 0 Å². The fourth-order valence-corrected chi connectivity index (χ4v) is 1.62. The highest BCUT2D eigenvalue weighted by Gasteiger charge is 2.09. The van der Waals surface area contributed by atoms with Crippen LogP contribution < -0.4 is 5.73 Å². The molecule has 0 bridgehead atoms. The third kappa shape index (κ3) is 2.29. The maximum Gasteiger partial charge on any atom is 0.161 e. The van der Waals surface area contributed by atoms with Crippen LogP contribution in [0.1, 0.15) is 11.3 Å². The Morgan fingerprint density at radius 3 is 2.53 bits per heavy atom. The van der Waals surface area contributed by atoms with Gasteiger partial charge in [-0.3, -0.25) is 0 Å². The van der Waals surface area contributed by atoms with Crippen LogP contribution in [-0.4, -0.2) is 9.97 Å². The molecular weight excluding hydrogens is 285 g/mol. The fourth-order valence-electron chi connectivity index (χ4n) is 1.44. The van der Waals surface area contributed by atoms with E-state index in [4.69, 9.17) is 5.73 Å². The molecule has 3 nitrogen and oxygen atoms in total. The van der Waals surface area contributed by atoms with Gasteiger partial charge in [-0.2, -0.15) is 0 Å². The van der Waals surface area contributed by atoms with Gasteiger partial charge in [0, 0.05) is 5.56 Å². The lowest BCUT2D eigenvalue weighted by atomic mass is 10.1. The summed E-state index contributed by atoms with van der Waals surface area (Å²) in [4.78, 5) is 8.40. The summed E-state index contributed by atoms with van der Waals surface area (Å²) >= 11 is 3.29. The van der Waals surface area contributed by atoms with E-state index in [0.717, 1.165) is 5.69 Å². The van der Waals surface area contributed by atoms with Crippen molar-refractivity contribution in [2.75, 3.05) is 5.73 Å². The number of hydrogen-bond donors (Lipinski definition) is 1. The highest BCUT2D eigenvalue weighted by Crippen LogP contribution is 2.25. The number of nitrogens with zero attached hydrogens (tertiary/aromatic N) is 2. The highest BCUT2D eigenvalue weighted by molar-refractivity contribution is 9.10. The summed E-state index contributed by atoms with van der Waals surface area (Å²) in [5.41, 5.74) is 7.68. The van der Waals surface area contributed by atoms with E-state index in [1.54, 1.807) is 19.1 Å². The van der Waals surface area contributed by atoms with Gasteiger partial charge in [-0.1, -0.05) is 12.1 Å². The van der Waals surface area contributed by atoms with Crippen molar-refractivity contribution >= 4 is 21.7 Å². The molecule has 0 unspecified atom stereocenters. The summed E-state index contributed by atoms with van der Waals surface area (Å²) in [6, 6.07) is 4.89. The molecule has 17 heavy (non-hydrogen) atoms. The Morgan fingerprint density at radius 1 is 1.24 bits per heavy atom. The van der Waals surface area contributed by atoms with Gasteiger partial charge in [-0.15, -0.1) is 0 Å². The van der Waals surface area contributed by atoms with Gasteiger partial charge in [0.1, 0.15) is 11.6 Å². The number of halogens is 2. The van der Waals surface area contributed by atoms with Crippen LogP contribution in [0.3, 0.4) is 0 Å². The van der Waals surface area contributed by atoms with Crippen LogP contribution >= 0.6 is 15.9 Å². The molecule has 88 valence electrons. The lowest BCUT2D eigenvalue weighted by molar-refractivity contribution is 0.619. The van der Waals surface area contributed by atoms with E-state index in [-0.39, 0.29) is 5.82 Å². The Morgan fingerprint density at radius 2 is 1.94 bits per heavy atom. The molecule has 2 aromatic rings. The smallest absolute Gasteiger partial charge is 0.161 e. The van der Waals surface area contributed by atoms with Crippen molar-refractivity contribution < 1.29 is 4.39 Å². The summed E-state index contributed by atoms with van der Waals surface area (Å²) in [5, 5.41) is 0. The van der Waals surface area contributed by atoms with Crippen molar-refractivity contribution in [3.8, 4) is 11.4 Å². The molecule has 1 aromatic heterocycles. The van der Waals surface area contributed by atoms with Crippen molar-refractivity contribution in [2.24, 2.45) is 0 Å². The third-order valence-electron chi connectivity index (χ3n) is 2.47. The van der Waals surface area contributed by atoms with Gasteiger partial charge in [0.05, 0.1) is 10.2 Å². The van der Waals surface area contributed by atoms with E-state index in [0.29, 0.717) is 27.2 Å². The predicted molar refractivity (Wildman–Crippen MR) is 69.0 cm³/mol. The van der Waals surface area contributed by atoms with Gasteiger partial charge in [-0.25, -0.2) is 14.4 Å². The summed E-state index contributed by atoms with van der Waals surface area (Å²) in [6.45, 7) is 3.53. The van der Waals surface area contributed by atoms with E-state index in [9.17, 15) is 4.39 Å². The molecule has 1 aromatic carbocycles. The molecule has 0 spiro atoms. The zero-order valence-electron chi connectivity index (χ0n) is 9.46. The minimum atomic E-state index is -0.273. The van der Waals surface area contributed by atoms with E-state index in [2.05, 4.69) is 25.9 Å². The maximum absolute atomic E-state index is 13.4. The molecule has 0 aliphatic carbocycles. The Kier molecular flexibility index (Phi) is 3.11. The number of hydrogen-bond acceptors (Lipinski definition) is 3. The molecule has 0 fully saturated rings. The van der Waals surface area contributed by atoms with E-state index < -0.39 is 0 Å². The summed E-state index contributed by atoms with van der Waals surface area (Å²) < 4.78 is 14.1.